The Balaban J connectivity index is 0.985. The van der Waals surface area contributed by atoms with Crippen LogP contribution in [0.4, 0.5) is 0 Å². The highest BCUT2D eigenvalue weighted by molar-refractivity contribution is 6.36. The standard InChI is InChI=1S/C37H35Cl2N5O2/c1-22-12-14-30(38)28-20-24-8-4-10-26(34(24)42-32(22)28)36(45)40-16-6-18-44(3)19-7-17-41-37(46)27-11-5-9-25-21-29-31(39)15-13-23(2)33(29)43-35(25)27/h4-5,8-15,20-21H,6-7,16-19H2,1-3H3,(H,40,45)(H,41,46). The van der Waals surface area contributed by atoms with Crippen LogP contribution in [0.1, 0.15) is 44.7 Å². The summed E-state index contributed by atoms with van der Waals surface area (Å²) >= 11 is 12.8. The van der Waals surface area contributed by atoms with Gasteiger partial charge in [-0.2, -0.15) is 0 Å². The van der Waals surface area contributed by atoms with Crippen molar-refractivity contribution in [3.8, 4) is 0 Å². The molecule has 0 spiro atoms. The maximum absolute atomic E-state index is 13.1. The number of para-hydroxylation sites is 2. The van der Waals surface area contributed by atoms with Crippen molar-refractivity contribution in [2.24, 2.45) is 0 Å². The number of benzene rings is 4. The number of fused-ring (bicyclic) bond motifs is 4. The molecule has 0 bridgehead atoms. The third kappa shape index (κ3) is 6.49. The molecule has 4 aromatic carbocycles. The second-order valence-electron chi connectivity index (χ2n) is 11.8. The minimum atomic E-state index is -0.142. The molecule has 46 heavy (non-hydrogen) atoms. The van der Waals surface area contributed by atoms with Gasteiger partial charge in [0.25, 0.3) is 11.8 Å². The van der Waals surface area contributed by atoms with Crippen molar-refractivity contribution in [2.75, 3.05) is 33.2 Å². The van der Waals surface area contributed by atoms with Gasteiger partial charge in [0.1, 0.15) is 0 Å². The Morgan fingerprint density at radius 3 is 1.52 bits per heavy atom. The highest BCUT2D eigenvalue weighted by Crippen LogP contribution is 2.31. The van der Waals surface area contributed by atoms with E-state index in [4.69, 9.17) is 33.2 Å². The van der Waals surface area contributed by atoms with E-state index in [1.54, 1.807) is 0 Å². The summed E-state index contributed by atoms with van der Waals surface area (Å²) in [4.78, 5) is 38.1. The molecule has 2 heterocycles. The molecule has 234 valence electrons. The number of aryl methyl sites for hydroxylation is 2. The minimum absolute atomic E-state index is 0.142. The van der Waals surface area contributed by atoms with E-state index in [0.29, 0.717) is 45.3 Å². The number of aromatic nitrogens is 2. The van der Waals surface area contributed by atoms with Crippen molar-refractivity contribution in [1.82, 2.24) is 25.5 Å². The molecule has 9 heteroatoms. The van der Waals surface area contributed by atoms with E-state index in [1.165, 1.54) is 0 Å². The Morgan fingerprint density at radius 2 is 1.09 bits per heavy atom. The van der Waals surface area contributed by atoms with Gasteiger partial charge < -0.3 is 15.5 Å². The van der Waals surface area contributed by atoms with E-state index in [2.05, 4.69) is 15.5 Å². The molecule has 6 rings (SSSR count). The molecule has 2 amide bonds. The molecule has 0 aliphatic heterocycles. The Hall–Kier alpha value is -4.30. The van der Waals surface area contributed by atoms with Crippen molar-refractivity contribution >= 4 is 78.6 Å². The molecule has 0 aliphatic carbocycles. The molecule has 0 radical (unpaired) electrons. The number of rotatable bonds is 10. The van der Waals surface area contributed by atoms with Gasteiger partial charge in [0, 0.05) is 44.7 Å². The van der Waals surface area contributed by atoms with Crippen LogP contribution in [0.3, 0.4) is 0 Å². The van der Waals surface area contributed by atoms with Gasteiger partial charge in [0.15, 0.2) is 0 Å². The molecule has 0 aliphatic rings. The Bertz CT molecular complexity index is 1980. The number of nitrogens with one attached hydrogen (secondary N) is 2. The molecule has 0 fully saturated rings. The maximum Gasteiger partial charge on any atom is 0.253 e. The van der Waals surface area contributed by atoms with Crippen molar-refractivity contribution < 1.29 is 9.59 Å². The second kappa shape index (κ2) is 13.6. The molecular formula is C37H35Cl2N5O2. The smallest absolute Gasteiger partial charge is 0.253 e. The SMILES string of the molecule is Cc1ccc(Cl)c2cc3cccc(C(=O)NCCCN(C)CCCNC(=O)c4cccc5cc6c(Cl)ccc(C)c6nc45)c3nc12. The number of hydrogen-bond acceptors (Lipinski definition) is 5. The first-order chi connectivity index (χ1) is 22.2. The van der Waals surface area contributed by atoms with Crippen molar-refractivity contribution in [2.45, 2.75) is 26.7 Å². The van der Waals surface area contributed by atoms with E-state index in [9.17, 15) is 9.59 Å². The summed E-state index contributed by atoms with van der Waals surface area (Å²) in [5.74, 6) is -0.284. The number of carbonyl (C=O) groups is 2. The molecule has 0 saturated carbocycles. The summed E-state index contributed by atoms with van der Waals surface area (Å²) in [5, 5.41) is 10.9. The molecular weight excluding hydrogens is 617 g/mol. The third-order valence-corrected chi connectivity index (χ3v) is 9.07. The van der Waals surface area contributed by atoms with Crippen LogP contribution in [0.15, 0.2) is 72.8 Å². The monoisotopic (exact) mass is 651 g/mol. The van der Waals surface area contributed by atoms with Gasteiger partial charge in [-0.3, -0.25) is 9.59 Å². The lowest BCUT2D eigenvalue weighted by atomic mass is 10.0. The quantitative estimate of drug-likeness (QED) is 0.116. The summed E-state index contributed by atoms with van der Waals surface area (Å²) < 4.78 is 0. The first-order valence-electron chi connectivity index (χ1n) is 15.4. The van der Waals surface area contributed by atoms with E-state index in [0.717, 1.165) is 69.6 Å². The van der Waals surface area contributed by atoms with Crippen LogP contribution >= 0.6 is 23.2 Å². The molecule has 6 aromatic rings. The van der Waals surface area contributed by atoms with Crippen LogP contribution in [0.25, 0.3) is 43.6 Å². The summed E-state index contributed by atoms with van der Waals surface area (Å²) in [7, 11) is 2.05. The number of nitrogens with zero attached hydrogens (tertiary/aromatic N) is 3. The summed E-state index contributed by atoms with van der Waals surface area (Å²) in [6.07, 6.45) is 1.59. The Morgan fingerprint density at radius 1 is 0.652 bits per heavy atom. The number of amides is 2. The van der Waals surface area contributed by atoms with Gasteiger partial charge in [-0.25, -0.2) is 9.97 Å². The first kappa shape index (κ1) is 31.7. The van der Waals surface area contributed by atoms with Crippen molar-refractivity contribution in [3.63, 3.8) is 0 Å². The van der Waals surface area contributed by atoms with Gasteiger partial charge in [-0.05, 0) is 94.4 Å². The van der Waals surface area contributed by atoms with Crippen LogP contribution in [0.5, 0.6) is 0 Å². The van der Waals surface area contributed by atoms with E-state index in [1.807, 2.05) is 93.7 Å². The summed E-state index contributed by atoms with van der Waals surface area (Å²) in [6.45, 7) is 6.70. The first-order valence-corrected chi connectivity index (χ1v) is 16.2. The van der Waals surface area contributed by atoms with E-state index in [-0.39, 0.29) is 11.8 Å². The van der Waals surface area contributed by atoms with Crippen molar-refractivity contribution in [3.05, 3.63) is 105 Å². The van der Waals surface area contributed by atoms with Gasteiger partial charge in [0.2, 0.25) is 0 Å². The molecule has 0 saturated heterocycles. The van der Waals surface area contributed by atoms with Crippen molar-refractivity contribution in [1.29, 1.82) is 0 Å². The highest BCUT2D eigenvalue weighted by Gasteiger charge is 2.15. The molecule has 2 aromatic heterocycles. The zero-order valence-corrected chi connectivity index (χ0v) is 27.6. The zero-order chi connectivity index (χ0) is 32.4. The lowest BCUT2D eigenvalue weighted by Crippen LogP contribution is -2.31. The predicted molar refractivity (Wildman–Crippen MR) is 189 cm³/mol. The van der Waals surface area contributed by atoms with Gasteiger partial charge >= 0.3 is 0 Å². The van der Waals surface area contributed by atoms with E-state index >= 15 is 0 Å². The lowest BCUT2D eigenvalue weighted by molar-refractivity contribution is 0.0947. The van der Waals surface area contributed by atoms with Crippen LogP contribution in [-0.2, 0) is 0 Å². The average Bonchev–Trinajstić information content (AvgIpc) is 3.06. The second-order valence-corrected chi connectivity index (χ2v) is 12.6. The Labute approximate surface area is 277 Å². The number of pyridine rings is 2. The fourth-order valence-electron chi connectivity index (χ4n) is 5.87. The molecule has 2 N–H and O–H groups in total. The largest absolute Gasteiger partial charge is 0.352 e. The molecule has 0 unspecified atom stereocenters. The van der Waals surface area contributed by atoms with Crippen LogP contribution in [0.2, 0.25) is 10.0 Å². The fraction of sp³-hybridized carbons (Fsp3) is 0.243. The van der Waals surface area contributed by atoms with Gasteiger partial charge in [-0.15, -0.1) is 0 Å². The maximum atomic E-state index is 13.1. The van der Waals surface area contributed by atoms with Gasteiger partial charge in [-0.1, -0.05) is 59.6 Å². The van der Waals surface area contributed by atoms with Crippen LogP contribution in [-0.4, -0.2) is 59.9 Å². The van der Waals surface area contributed by atoms with Crippen LogP contribution < -0.4 is 10.6 Å². The Kier molecular flexibility index (Phi) is 9.36. The zero-order valence-electron chi connectivity index (χ0n) is 26.1. The number of hydrogen-bond donors (Lipinski definition) is 2. The highest BCUT2D eigenvalue weighted by atomic mass is 35.5. The third-order valence-electron chi connectivity index (χ3n) is 8.41. The number of carbonyl (C=O) groups excluding carboxylic acids is 2. The normalized spacial score (nSPS) is 11.6. The minimum Gasteiger partial charge on any atom is -0.352 e. The van der Waals surface area contributed by atoms with E-state index < -0.39 is 0 Å². The summed E-state index contributed by atoms with van der Waals surface area (Å²) in [5.41, 5.74) is 6.08. The summed E-state index contributed by atoms with van der Waals surface area (Å²) in [6, 6.07) is 22.9. The lowest BCUT2D eigenvalue weighted by Gasteiger charge is -2.17. The van der Waals surface area contributed by atoms with Crippen LogP contribution in [0, 0.1) is 13.8 Å². The molecule has 0 atom stereocenters. The fourth-order valence-corrected chi connectivity index (χ4v) is 6.28. The number of halogens is 2. The van der Waals surface area contributed by atoms with Gasteiger partial charge in [0.05, 0.1) is 33.2 Å². The molecule has 7 nitrogen and oxygen atoms in total. The average molecular weight is 653 g/mol. The predicted octanol–water partition coefficient (Wildman–Crippen LogP) is 7.88. The topological polar surface area (TPSA) is 87.2 Å².